The Bertz CT molecular complexity index is 532. The van der Waals surface area contributed by atoms with E-state index in [0.717, 1.165) is 31.1 Å². The van der Waals surface area contributed by atoms with E-state index in [0.29, 0.717) is 0 Å². The molecule has 0 saturated heterocycles. The topological polar surface area (TPSA) is 41.0 Å². The summed E-state index contributed by atoms with van der Waals surface area (Å²) in [6, 6.07) is 6.16. The molecule has 0 aliphatic carbocycles. The first-order valence-electron chi connectivity index (χ1n) is 7.09. The van der Waals surface area contributed by atoms with Crippen LogP contribution in [0.25, 0.3) is 0 Å². The van der Waals surface area contributed by atoms with Crippen LogP contribution in [-0.4, -0.2) is 23.1 Å². The van der Waals surface area contributed by atoms with E-state index in [1.165, 1.54) is 11.1 Å². The average molecular weight is 270 g/mol. The quantitative estimate of drug-likeness (QED) is 0.875. The van der Waals surface area contributed by atoms with Crippen LogP contribution < -0.4 is 10.2 Å². The molecule has 2 aromatic rings. The van der Waals surface area contributed by atoms with Crippen molar-refractivity contribution in [2.45, 2.75) is 27.3 Å². The zero-order valence-electron chi connectivity index (χ0n) is 12.4. The fourth-order valence-electron chi connectivity index (χ4n) is 2.10. The van der Waals surface area contributed by atoms with Gasteiger partial charge in [0.15, 0.2) is 0 Å². The molecule has 0 aliphatic heterocycles. The molecule has 106 valence electrons. The summed E-state index contributed by atoms with van der Waals surface area (Å²) in [4.78, 5) is 10.9. The van der Waals surface area contributed by atoms with E-state index < -0.39 is 0 Å². The summed E-state index contributed by atoms with van der Waals surface area (Å²) in [6.07, 6.45) is 5.61. The Kier molecular flexibility index (Phi) is 4.93. The summed E-state index contributed by atoms with van der Waals surface area (Å²) in [5.74, 6) is 1.03. The van der Waals surface area contributed by atoms with Crippen molar-refractivity contribution in [3.8, 4) is 0 Å². The minimum Gasteiger partial charge on any atom is -0.380 e. The van der Waals surface area contributed by atoms with E-state index in [9.17, 15) is 0 Å². The predicted molar refractivity (Wildman–Crippen MR) is 84.1 cm³/mol. The third-order valence-electron chi connectivity index (χ3n) is 3.47. The van der Waals surface area contributed by atoms with Gasteiger partial charge in [0.25, 0.3) is 0 Å². The molecule has 0 aromatic carbocycles. The molecule has 4 nitrogen and oxygen atoms in total. The molecule has 1 N–H and O–H groups in total. The van der Waals surface area contributed by atoms with Crippen LogP contribution in [0.3, 0.4) is 0 Å². The molecule has 2 aromatic heterocycles. The van der Waals surface area contributed by atoms with Gasteiger partial charge in [-0.1, -0.05) is 0 Å². The number of aromatic nitrogens is 2. The summed E-state index contributed by atoms with van der Waals surface area (Å²) in [5.41, 5.74) is 3.49. The van der Waals surface area contributed by atoms with Crippen molar-refractivity contribution >= 4 is 11.5 Å². The highest BCUT2D eigenvalue weighted by molar-refractivity contribution is 5.49. The lowest BCUT2D eigenvalue weighted by Gasteiger charge is -2.19. The SMILES string of the molecule is CCN(CC)c1ccc(NCc2cnccc2C)cn1. The monoisotopic (exact) mass is 270 g/mol. The molecule has 20 heavy (non-hydrogen) atoms. The van der Waals surface area contributed by atoms with Crippen LogP contribution in [0.4, 0.5) is 11.5 Å². The van der Waals surface area contributed by atoms with Gasteiger partial charge in [-0.25, -0.2) is 4.98 Å². The van der Waals surface area contributed by atoms with Crippen LogP contribution in [-0.2, 0) is 6.54 Å². The molecule has 0 unspecified atom stereocenters. The molecular formula is C16H22N4. The number of nitrogens with one attached hydrogen (secondary N) is 1. The minimum atomic E-state index is 0.770. The van der Waals surface area contributed by atoms with Gasteiger partial charge in [-0.3, -0.25) is 4.98 Å². The van der Waals surface area contributed by atoms with Gasteiger partial charge in [0.05, 0.1) is 11.9 Å². The van der Waals surface area contributed by atoms with Gasteiger partial charge in [-0.2, -0.15) is 0 Å². The van der Waals surface area contributed by atoms with Crippen molar-refractivity contribution in [2.24, 2.45) is 0 Å². The van der Waals surface area contributed by atoms with Crippen LogP contribution >= 0.6 is 0 Å². The third kappa shape index (κ3) is 3.47. The predicted octanol–water partition coefficient (Wildman–Crippen LogP) is 3.24. The lowest BCUT2D eigenvalue weighted by molar-refractivity contribution is 0.846. The van der Waals surface area contributed by atoms with Gasteiger partial charge in [-0.05, 0) is 50.1 Å². The highest BCUT2D eigenvalue weighted by Gasteiger charge is 2.03. The van der Waals surface area contributed by atoms with E-state index in [2.05, 4.69) is 53.1 Å². The molecule has 4 heteroatoms. The zero-order chi connectivity index (χ0) is 14.4. The summed E-state index contributed by atoms with van der Waals surface area (Å²) in [5, 5.41) is 3.38. The summed E-state index contributed by atoms with van der Waals surface area (Å²) in [6.45, 7) is 9.10. The van der Waals surface area contributed by atoms with Gasteiger partial charge in [-0.15, -0.1) is 0 Å². The molecule has 0 saturated carbocycles. The Morgan fingerprint density at radius 1 is 1.10 bits per heavy atom. The Balaban J connectivity index is 1.99. The second-order valence-corrected chi connectivity index (χ2v) is 4.73. The van der Waals surface area contributed by atoms with Crippen molar-refractivity contribution in [1.29, 1.82) is 0 Å². The maximum atomic E-state index is 4.50. The molecule has 0 bridgehead atoms. The summed E-state index contributed by atoms with van der Waals surface area (Å²) >= 11 is 0. The summed E-state index contributed by atoms with van der Waals surface area (Å²) in [7, 11) is 0. The van der Waals surface area contributed by atoms with Crippen molar-refractivity contribution < 1.29 is 0 Å². The largest absolute Gasteiger partial charge is 0.380 e. The first-order chi connectivity index (χ1) is 9.74. The number of anilines is 2. The van der Waals surface area contributed by atoms with E-state index in [1.54, 1.807) is 0 Å². The molecule has 0 atom stereocenters. The Morgan fingerprint density at radius 2 is 1.90 bits per heavy atom. The highest BCUT2D eigenvalue weighted by Crippen LogP contribution is 2.15. The third-order valence-corrected chi connectivity index (χ3v) is 3.47. The normalized spacial score (nSPS) is 10.3. The first kappa shape index (κ1) is 14.3. The van der Waals surface area contributed by atoms with Crippen LogP contribution in [0, 0.1) is 6.92 Å². The molecule has 0 spiro atoms. The minimum absolute atomic E-state index is 0.770. The van der Waals surface area contributed by atoms with Gasteiger partial charge in [0.2, 0.25) is 0 Å². The standard InChI is InChI=1S/C16H22N4/c1-4-20(5-2)16-7-6-15(12-19-16)18-11-14-10-17-9-8-13(14)3/h6-10,12,18H,4-5,11H2,1-3H3. The Hall–Kier alpha value is -2.10. The van der Waals surface area contributed by atoms with Crippen LogP contribution in [0.15, 0.2) is 36.8 Å². The second-order valence-electron chi connectivity index (χ2n) is 4.73. The average Bonchev–Trinajstić information content (AvgIpc) is 2.49. The molecule has 0 aliphatic rings. The number of nitrogens with zero attached hydrogens (tertiary/aromatic N) is 3. The summed E-state index contributed by atoms with van der Waals surface area (Å²) < 4.78 is 0. The van der Waals surface area contributed by atoms with Gasteiger partial charge < -0.3 is 10.2 Å². The molecule has 0 radical (unpaired) electrons. The number of hydrogen-bond acceptors (Lipinski definition) is 4. The molecule has 2 rings (SSSR count). The van der Waals surface area contributed by atoms with E-state index in [-0.39, 0.29) is 0 Å². The van der Waals surface area contributed by atoms with E-state index in [1.807, 2.05) is 24.7 Å². The van der Waals surface area contributed by atoms with Gasteiger partial charge in [0, 0.05) is 32.0 Å². The highest BCUT2D eigenvalue weighted by atomic mass is 15.2. The Labute approximate surface area is 120 Å². The number of aryl methyl sites for hydroxylation is 1. The van der Waals surface area contributed by atoms with Crippen molar-refractivity contribution in [3.05, 3.63) is 47.9 Å². The molecule has 0 amide bonds. The second kappa shape index (κ2) is 6.89. The number of rotatable bonds is 6. The fraction of sp³-hybridized carbons (Fsp3) is 0.375. The maximum absolute atomic E-state index is 4.50. The lowest BCUT2D eigenvalue weighted by Crippen LogP contribution is -2.22. The zero-order valence-corrected chi connectivity index (χ0v) is 12.4. The van der Waals surface area contributed by atoms with Crippen LogP contribution in [0.5, 0.6) is 0 Å². The Morgan fingerprint density at radius 3 is 2.50 bits per heavy atom. The van der Waals surface area contributed by atoms with Gasteiger partial charge in [0.1, 0.15) is 5.82 Å². The first-order valence-corrected chi connectivity index (χ1v) is 7.09. The van der Waals surface area contributed by atoms with E-state index >= 15 is 0 Å². The maximum Gasteiger partial charge on any atom is 0.128 e. The number of pyridine rings is 2. The smallest absolute Gasteiger partial charge is 0.128 e. The van der Waals surface area contributed by atoms with Crippen molar-refractivity contribution in [3.63, 3.8) is 0 Å². The van der Waals surface area contributed by atoms with Crippen molar-refractivity contribution in [2.75, 3.05) is 23.3 Å². The molecular weight excluding hydrogens is 248 g/mol. The van der Waals surface area contributed by atoms with Crippen LogP contribution in [0.2, 0.25) is 0 Å². The lowest BCUT2D eigenvalue weighted by atomic mass is 10.1. The van der Waals surface area contributed by atoms with Crippen molar-refractivity contribution in [1.82, 2.24) is 9.97 Å². The van der Waals surface area contributed by atoms with E-state index in [4.69, 9.17) is 0 Å². The van der Waals surface area contributed by atoms with Gasteiger partial charge >= 0.3 is 0 Å². The fourth-order valence-corrected chi connectivity index (χ4v) is 2.10. The number of hydrogen-bond donors (Lipinski definition) is 1. The molecule has 0 fully saturated rings. The molecule has 2 heterocycles. The van der Waals surface area contributed by atoms with Crippen LogP contribution in [0.1, 0.15) is 25.0 Å².